The van der Waals surface area contributed by atoms with Gasteiger partial charge in [-0.05, 0) is 24.3 Å². The second-order valence-electron chi connectivity index (χ2n) is 6.09. The molecule has 1 aliphatic heterocycles. The van der Waals surface area contributed by atoms with Gasteiger partial charge in [-0.2, -0.15) is 0 Å². The van der Waals surface area contributed by atoms with E-state index in [-0.39, 0.29) is 24.9 Å². The summed E-state index contributed by atoms with van der Waals surface area (Å²) in [6.07, 6.45) is 4.10. The Balaban J connectivity index is 0.000000175. The Morgan fingerprint density at radius 2 is 1.50 bits per heavy atom. The first kappa shape index (κ1) is 19.8. The molecule has 0 saturated carbocycles. The van der Waals surface area contributed by atoms with Crippen molar-refractivity contribution < 1.29 is 28.6 Å². The molecule has 0 amide bonds. The fourth-order valence-electron chi connectivity index (χ4n) is 2.91. The van der Waals surface area contributed by atoms with Crippen molar-refractivity contribution in [2.75, 3.05) is 6.61 Å². The van der Waals surface area contributed by atoms with E-state index in [4.69, 9.17) is 9.15 Å². The van der Waals surface area contributed by atoms with Crippen LogP contribution in [-0.2, 0) is 19.5 Å². The summed E-state index contributed by atoms with van der Waals surface area (Å²) in [5.74, 6) is 1.60. The number of ether oxygens (including phenoxy) is 1. The Bertz CT molecular complexity index is 1150. The number of fused-ring (bicyclic) bond motifs is 2. The molecule has 1 aliphatic rings. The molecule has 1 aromatic heterocycles. The molecule has 0 atom stereocenters. The maximum atomic E-state index is 11.9. The van der Waals surface area contributed by atoms with Crippen LogP contribution in [0.4, 0.5) is 0 Å². The first-order valence-electron chi connectivity index (χ1n) is 8.78. The van der Waals surface area contributed by atoms with Crippen LogP contribution in [0, 0.1) is 0 Å². The molecule has 5 rings (SSSR count). The average molecular weight is 420 g/mol. The predicted molar refractivity (Wildman–Crippen MR) is 109 cm³/mol. The summed E-state index contributed by atoms with van der Waals surface area (Å²) in [5, 5.41) is 0.618. The van der Waals surface area contributed by atoms with Crippen LogP contribution < -0.4 is 10.2 Å². The predicted octanol–water partition coefficient (Wildman–Crippen LogP) is 5.55. The molecule has 0 fully saturated rings. The van der Waals surface area contributed by atoms with Gasteiger partial charge < -0.3 is 9.15 Å². The molecule has 0 saturated heterocycles. The fraction of sp³-hybridized carbons (Fsp3) is 0.0417. The smallest absolute Gasteiger partial charge is 0.193 e. The van der Waals surface area contributed by atoms with E-state index in [1.807, 2.05) is 78.9 Å². The Kier molecular flexibility index (Phi) is 6.57. The van der Waals surface area contributed by atoms with E-state index in [1.165, 1.54) is 11.6 Å². The summed E-state index contributed by atoms with van der Waals surface area (Å²) in [6, 6.07) is 26.5. The molecule has 3 nitrogen and oxygen atoms in total. The van der Waals surface area contributed by atoms with Gasteiger partial charge in [0.25, 0.3) is 0 Å². The molecular weight excluding hydrogens is 402 g/mol. The zero-order valence-electron chi connectivity index (χ0n) is 15.4. The number of hydrogen-bond acceptors (Lipinski definition) is 3. The second kappa shape index (κ2) is 9.30. The van der Waals surface area contributed by atoms with Crippen molar-refractivity contribution in [1.29, 1.82) is 0 Å². The molecule has 0 aliphatic carbocycles. The van der Waals surface area contributed by atoms with Gasteiger partial charge in [0, 0.05) is 36.7 Å². The van der Waals surface area contributed by atoms with Gasteiger partial charge in [-0.25, -0.2) is 0 Å². The van der Waals surface area contributed by atoms with Gasteiger partial charge in [0.2, 0.25) is 0 Å². The summed E-state index contributed by atoms with van der Waals surface area (Å²) in [6.45, 7) is 0.705. The summed E-state index contributed by atoms with van der Waals surface area (Å²) in [5.41, 5.74) is 2.70. The van der Waals surface area contributed by atoms with Crippen LogP contribution in [0.2, 0.25) is 0 Å². The van der Waals surface area contributed by atoms with E-state index in [0.717, 1.165) is 11.3 Å². The average Bonchev–Trinajstić information content (AvgIpc) is 2.75. The maximum Gasteiger partial charge on any atom is 0.193 e. The minimum Gasteiger partial charge on any atom is -0.489 e. The minimum atomic E-state index is -0.00861. The van der Waals surface area contributed by atoms with Crippen LogP contribution in [0.3, 0.4) is 0 Å². The van der Waals surface area contributed by atoms with Crippen LogP contribution in [0.25, 0.3) is 28.4 Å². The zero-order valence-corrected chi connectivity index (χ0v) is 18.3. The van der Waals surface area contributed by atoms with Crippen LogP contribution in [0.1, 0.15) is 5.56 Å². The molecular formula is C24H18O3Zn. The summed E-state index contributed by atoms with van der Waals surface area (Å²) in [7, 11) is 0. The molecule has 4 aromatic rings. The number of rotatable bonds is 1. The number of hydrogen-bond donors (Lipinski definition) is 0. The molecule has 134 valence electrons. The standard InChI is InChI=1S/C15H10O2.C9H8O.Zn/c16-13-10-15(11-6-2-1-3-7-11)17-14-9-5-4-8-12(13)14;1-2-6-9-8(4-1)5-3-7-10-9;/h1-10H;1-6H,7H2;. The second-order valence-corrected chi connectivity index (χ2v) is 6.09. The molecule has 0 unspecified atom stereocenters. The Hall–Kier alpha value is -2.97. The quantitative estimate of drug-likeness (QED) is 0.380. The molecule has 0 spiro atoms. The Morgan fingerprint density at radius 1 is 0.786 bits per heavy atom. The third-order valence-electron chi connectivity index (χ3n) is 4.24. The van der Waals surface area contributed by atoms with Gasteiger partial charge in [-0.15, -0.1) is 0 Å². The molecule has 3 aromatic carbocycles. The van der Waals surface area contributed by atoms with Gasteiger partial charge in [0.15, 0.2) is 5.43 Å². The Morgan fingerprint density at radius 3 is 2.32 bits per heavy atom. The van der Waals surface area contributed by atoms with Crippen molar-refractivity contribution >= 4 is 17.0 Å². The molecule has 2 heterocycles. The first-order chi connectivity index (χ1) is 13.3. The van der Waals surface area contributed by atoms with Crippen molar-refractivity contribution in [2.24, 2.45) is 0 Å². The molecule has 0 bridgehead atoms. The van der Waals surface area contributed by atoms with Crippen molar-refractivity contribution in [2.45, 2.75) is 0 Å². The molecule has 0 N–H and O–H groups in total. The van der Waals surface area contributed by atoms with Crippen LogP contribution in [0.15, 0.2) is 100 Å². The summed E-state index contributed by atoms with van der Waals surface area (Å²) < 4.78 is 11.1. The van der Waals surface area contributed by atoms with E-state index < -0.39 is 0 Å². The van der Waals surface area contributed by atoms with Crippen molar-refractivity contribution in [3.05, 3.63) is 107 Å². The van der Waals surface area contributed by atoms with Crippen molar-refractivity contribution in [3.63, 3.8) is 0 Å². The third-order valence-corrected chi connectivity index (χ3v) is 4.24. The van der Waals surface area contributed by atoms with E-state index >= 15 is 0 Å². The van der Waals surface area contributed by atoms with Crippen LogP contribution in [-0.4, -0.2) is 6.61 Å². The van der Waals surface area contributed by atoms with Crippen LogP contribution >= 0.6 is 0 Å². The van der Waals surface area contributed by atoms with Gasteiger partial charge in [-0.3, -0.25) is 4.79 Å². The Labute approximate surface area is 176 Å². The number of benzene rings is 3. The third kappa shape index (κ3) is 4.47. The minimum absolute atomic E-state index is 0. The summed E-state index contributed by atoms with van der Waals surface area (Å²) >= 11 is 0. The molecule has 28 heavy (non-hydrogen) atoms. The first-order valence-corrected chi connectivity index (χ1v) is 8.78. The molecule has 4 heteroatoms. The van der Waals surface area contributed by atoms with Crippen LogP contribution in [0.5, 0.6) is 5.75 Å². The normalized spacial score (nSPS) is 11.4. The van der Waals surface area contributed by atoms with Crippen molar-refractivity contribution in [3.8, 4) is 17.1 Å². The zero-order chi connectivity index (χ0) is 18.5. The van der Waals surface area contributed by atoms with Gasteiger partial charge in [0.05, 0.1) is 5.39 Å². The summed E-state index contributed by atoms with van der Waals surface area (Å²) in [4.78, 5) is 11.9. The van der Waals surface area contributed by atoms with Crippen molar-refractivity contribution in [1.82, 2.24) is 0 Å². The van der Waals surface area contributed by atoms with Gasteiger partial charge in [-0.1, -0.05) is 66.7 Å². The van der Waals surface area contributed by atoms with E-state index in [0.29, 0.717) is 23.3 Å². The van der Waals surface area contributed by atoms with E-state index in [1.54, 1.807) is 6.07 Å². The van der Waals surface area contributed by atoms with Gasteiger partial charge >= 0.3 is 0 Å². The SMILES string of the molecule is C1=Cc2ccccc2OC1.O=c1cc(-c2ccccc2)oc2ccccc12.[Zn]. The topological polar surface area (TPSA) is 39.4 Å². The largest absolute Gasteiger partial charge is 0.489 e. The maximum absolute atomic E-state index is 11.9. The van der Waals surface area contributed by atoms with Gasteiger partial charge in [0.1, 0.15) is 23.7 Å². The molecule has 0 radical (unpaired) electrons. The van der Waals surface area contributed by atoms with E-state index in [2.05, 4.69) is 6.08 Å². The fourth-order valence-corrected chi connectivity index (χ4v) is 2.91. The van der Waals surface area contributed by atoms with E-state index in [9.17, 15) is 4.79 Å². The number of para-hydroxylation sites is 2. The monoisotopic (exact) mass is 418 g/mol.